The van der Waals surface area contributed by atoms with Gasteiger partial charge >= 0.3 is 0 Å². The minimum absolute atomic E-state index is 0.0212. The largest absolute Gasteiger partial charge is 0.508 e. The maximum Gasteiger partial charge on any atom is 0.297 e. The number of rotatable bonds is 1. The number of aromatic hydroxyl groups is 1. The summed E-state index contributed by atoms with van der Waals surface area (Å²) in [5, 5.41) is 9.53. The highest BCUT2D eigenvalue weighted by atomic mass is 32.2. The fourth-order valence-electron chi connectivity index (χ4n) is 1.46. The van der Waals surface area contributed by atoms with Gasteiger partial charge in [-0.15, -0.1) is 0 Å². The number of phenolic OH excluding ortho intramolecular Hbond substituents is 1. The molecular weight excluding hydrogens is 235 g/mol. The van der Waals surface area contributed by atoms with Crippen LogP contribution in [0.15, 0.2) is 35.2 Å². The van der Waals surface area contributed by atoms with E-state index in [1.165, 1.54) is 24.3 Å². The number of fused-ring (bicyclic) bond motifs is 1. The van der Waals surface area contributed by atoms with Crippen LogP contribution in [-0.4, -0.2) is 18.1 Å². The highest BCUT2D eigenvalue weighted by molar-refractivity contribution is 7.85. The van der Waals surface area contributed by atoms with Crippen LogP contribution in [0.5, 0.6) is 5.75 Å². The molecule has 0 saturated heterocycles. The van der Waals surface area contributed by atoms with Crippen molar-refractivity contribution in [2.45, 2.75) is 4.90 Å². The summed E-state index contributed by atoms with van der Waals surface area (Å²) in [5.74, 6) is -1.08. The highest BCUT2D eigenvalue weighted by Crippen LogP contribution is 2.26. The molecule has 0 aliphatic carbocycles. The molecule has 0 aromatic heterocycles. The van der Waals surface area contributed by atoms with Crippen LogP contribution < -0.4 is 0 Å². The van der Waals surface area contributed by atoms with Crippen LogP contribution in [0.2, 0.25) is 0 Å². The van der Waals surface area contributed by atoms with Crippen molar-refractivity contribution in [3.05, 3.63) is 36.1 Å². The molecule has 2 aromatic carbocycles. The summed E-state index contributed by atoms with van der Waals surface area (Å²) in [6.45, 7) is 0. The Bertz CT molecular complexity index is 664. The van der Waals surface area contributed by atoms with Gasteiger partial charge in [0.25, 0.3) is 10.1 Å². The average molecular weight is 242 g/mol. The molecule has 0 spiro atoms. The second kappa shape index (κ2) is 3.43. The topological polar surface area (TPSA) is 74.6 Å². The van der Waals surface area contributed by atoms with E-state index in [0.29, 0.717) is 5.39 Å². The zero-order chi connectivity index (χ0) is 11.9. The lowest BCUT2D eigenvalue weighted by molar-refractivity contribution is 0.474. The van der Waals surface area contributed by atoms with Crippen molar-refractivity contribution < 1.29 is 22.5 Å². The molecule has 0 atom stereocenters. The molecule has 0 aliphatic heterocycles. The molecule has 16 heavy (non-hydrogen) atoms. The standard InChI is InChI=1S/C10H7FO4S/c11-10-8-3-2-7(12)5-6(8)1-4-9(10)16(13,14)15/h1-5,12H,(H,13,14,15). The van der Waals surface area contributed by atoms with Crippen LogP contribution in [0.1, 0.15) is 0 Å². The van der Waals surface area contributed by atoms with E-state index in [1.54, 1.807) is 0 Å². The molecule has 84 valence electrons. The Morgan fingerprint density at radius 3 is 2.44 bits per heavy atom. The minimum Gasteiger partial charge on any atom is -0.508 e. The van der Waals surface area contributed by atoms with Crippen LogP contribution in [-0.2, 0) is 10.1 Å². The number of hydrogen-bond donors (Lipinski definition) is 2. The summed E-state index contributed by atoms with van der Waals surface area (Å²) in [6, 6.07) is 6.04. The molecular formula is C10H7FO4S. The van der Waals surface area contributed by atoms with Gasteiger partial charge in [0.15, 0.2) is 5.82 Å². The maximum atomic E-state index is 13.7. The minimum atomic E-state index is -4.57. The first-order valence-corrected chi connectivity index (χ1v) is 5.72. The monoisotopic (exact) mass is 242 g/mol. The molecule has 2 N–H and O–H groups in total. The summed E-state index contributed by atoms with van der Waals surface area (Å²) >= 11 is 0. The molecule has 6 heteroatoms. The summed E-state index contributed by atoms with van der Waals surface area (Å²) in [6.07, 6.45) is 0. The average Bonchev–Trinajstić information content (AvgIpc) is 2.15. The maximum absolute atomic E-state index is 13.7. The van der Waals surface area contributed by atoms with E-state index in [4.69, 9.17) is 9.66 Å². The van der Waals surface area contributed by atoms with Gasteiger partial charge in [0.2, 0.25) is 0 Å². The number of phenols is 1. The summed E-state index contributed by atoms with van der Waals surface area (Å²) in [7, 11) is -4.57. The van der Waals surface area contributed by atoms with E-state index in [2.05, 4.69) is 0 Å². The lowest BCUT2D eigenvalue weighted by Crippen LogP contribution is -2.01. The second-order valence-electron chi connectivity index (χ2n) is 3.26. The first-order valence-electron chi connectivity index (χ1n) is 4.28. The normalized spacial score (nSPS) is 11.9. The zero-order valence-corrected chi connectivity index (χ0v) is 8.70. The fourth-order valence-corrected chi connectivity index (χ4v) is 2.03. The predicted octanol–water partition coefficient (Wildman–Crippen LogP) is 1.93. The van der Waals surface area contributed by atoms with Crippen molar-refractivity contribution in [1.82, 2.24) is 0 Å². The molecule has 0 fully saturated rings. The lowest BCUT2D eigenvalue weighted by Gasteiger charge is -2.04. The van der Waals surface area contributed by atoms with Crippen molar-refractivity contribution in [2.24, 2.45) is 0 Å². The Balaban J connectivity index is 2.86. The summed E-state index contributed by atoms with van der Waals surface area (Å²) in [5.41, 5.74) is 0. The Hall–Kier alpha value is -1.66. The molecule has 4 nitrogen and oxygen atoms in total. The molecule has 0 radical (unpaired) electrons. The quantitative estimate of drug-likeness (QED) is 0.749. The van der Waals surface area contributed by atoms with Gasteiger partial charge < -0.3 is 5.11 Å². The molecule has 0 heterocycles. The highest BCUT2D eigenvalue weighted by Gasteiger charge is 2.17. The predicted molar refractivity (Wildman–Crippen MR) is 55.4 cm³/mol. The molecule has 0 bridgehead atoms. The van der Waals surface area contributed by atoms with E-state index in [9.17, 15) is 12.8 Å². The van der Waals surface area contributed by atoms with E-state index in [1.807, 2.05) is 0 Å². The molecule has 0 amide bonds. The third kappa shape index (κ3) is 1.72. The number of halogens is 1. The van der Waals surface area contributed by atoms with Crippen molar-refractivity contribution in [2.75, 3.05) is 0 Å². The van der Waals surface area contributed by atoms with Gasteiger partial charge in [0, 0.05) is 5.39 Å². The number of benzene rings is 2. The number of hydrogen-bond acceptors (Lipinski definition) is 3. The van der Waals surface area contributed by atoms with Gasteiger partial charge in [-0.1, -0.05) is 6.07 Å². The van der Waals surface area contributed by atoms with Crippen LogP contribution in [0.4, 0.5) is 4.39 Å². The second-order valence-corrected chi connectivity index (χ2v) is 4.65. The van der Waals surface area contributed by atoms with E-state index >= 15 is 0 Å². The van der Waals surface area contributed by atoms with Gasteiger partial charge in [-0.05, 0) is 29.7 Å². The first-order chi connectivity index (χ1) is 7.39. The van der Waals surface area contributed by atoms with Gasteiger partial charge in [0.1, 0.15) is 10.6 Å². The molecule has 0 saturated carbocycles. The fraction of sp³-hybridized carbons (Fsp3) is 0. The molecule has 0 unspecified atom stereocenters. The van der Waals surface area contributed by atoms with Crippen molar-refractivity contribution >= 4 is 20.9 Å². The van der Waals surface area contributed by atoms with Crippen LogP contribution in [0.3, 0.4) is 0 Å². The van der Waals surface area contributed by atoms with Crippen LogP contribution >= 0.6 is 0 Å². The Kier molecular flexibility index (Phi) is 2.32. The molecule has 0 aliphatic rings. The van der Waals surface area contributed by atoms with Gasteiger partial charge in [0.05, 0.1) is 0 Å². The Morgan fingerprint density at radius 2 is 1.81 bits per heavy atom. The third-order valence-electron chi connectivity index (χ3n) is 2.18. The zero-order valence-electron chi connectivity index (χ0n) is 7.88. The smallest absolute Gasteiger partial charge is 0.297 e. The SMILES string of the molecule is O=S(=O)(O)c1ccc2cc(O)ccc2c1F. The lowest BCUT2D eigenvalue weighted by atomic mass is 10.1. The van der Waals surface area contributed by atoms with E-state index in [0.717, 1.165) is 6.07 Å². The Labute approximate surface area is 90.7 Å². The summed E-state index contributed by atoms with van der Waals surface area (Å²) in [4.78, 5) is -0.773. The van der Waals surface area contributed by atoms with Gasteiger partial charge in [-0.2, -0.15) is 8.42 Å². The van der Waals surface area contributed by atoms with E-state index < -0.39 is 20.8 Å². The molecule has 2 rings (SSSR count). The van der Waals surface area contributed by atoms with Gasteiger partial charge in [-0.3, -0.25) is 4.55 Å². The molecule has 2 aromatic rings. The van der Waals surface area contributed by atoms with Crippen LogP contribution in [0.25, 0.3) is 10.8 Å². The van der Waals surface area contributed by atoms with Crippen molar-refractivity contribution in [1.29, 1.82) is 0 Å². The van der Waals surface area contributed by atoms with Crippen molar-refractivity contribution in [3.8, 4) is 5.75 Å². The third-order valence-corrected chi connectivity index (χ3v) is 3.05. The first kappa shape index (κ1) is 10.8. The van der Waals surface area contributed by atoms with Crippen LogP contribution in [0, 0.1) is 5.82 Å². The van der Waals surface area contributed by atoms with Crippen molar-refractivity contribution in [3.63, 3.8) is 0 Å². The van der Waals surface area contributed by atoms with E-state index in [-0.39, 0.29) is 11.1 Å². The summed E-state index contributed by atoms with van der Waals surface area (Å²) < 4.78 is 44.1. The van der Waals surface area contributed by atoms with Gasteiger partial charge in [-0.25, -0.2) is 4.39 Å². The Morgan fingerprint density at radius 1 is 1.12 bits per heavy atom.